The first-order valence-corrected chi connectivity index (χ1v) is 6.04. The van der Waals surface area contributed by atoms with Gasteiger partial charge < -0.3 is 4.90 Å². The minimum atomic E-state index is 0.686. The molecule has 4 nitrogen and oxygen atoms in total. The van der Waals surface area contributed by atoms with Crippen molar-refractivity contribution in [1.82, 2.24) is 15.1 Å². The van der Waals surface area contributed by atoms with Crippen LogP contribution in [0, 0.1) is 11.3 Å². The van der Waals surface area contributed by atoms with Crippen LogP contribution in [0.5, 0.6) is 0 Å². The van der Waals surface area contributed by atoms with Crippen molar-refractivity contribution in [3.63, 3.8) is 0 Å². The van der Waals surface area contributed by atoms with Crippen molar-refractivity contribution in [1.29, 1.82) is 5.26 Å². The zero-order valence-corrected chi connectivity index (χ0v) is 10.3. The van der Waals surface area contributed by atoms with Gasteiger partial charge in [-0.2, -0.15) is 10.4 Å². The molecular formula is C14H14N4. The second kappa shape index (κ2) is 4.28. The molecule has 0 atom stereocenters. The summed E-state index contributed by atoms with van der Waals surface area (Å²) in [7, 11) is 2.10. The van der Waals surface area contributed by atoms with E-state index in [-0.39, 0.29) is 0 Å². The van der Waals surface area contributed by atoms with Gasteiger partial charge in [0.15, 0.2) is 0 Å². The molecule has 1 aromatic carbocycles. The van der Waals surface area contributed by atoms with Gasteiger partial charge in [0.2, 0.25) is 0 Å². The minimum absolute atomic E-state index is 0.686. The number of hydrogen-bond donors (Lipinski definition) is 1. The predicted octanol–water partition coefficient (Wildman–Crippen LogP) is 2.15. The number of aromatic nitrogens is 2. The summed E-state index contributed by atoms with van der Waals surface area (Å²) in [6.07, 6.45) is 3.26. The lowest BCUT2D eigenvalue weighted by molar-refractivity contribution is 0.372. The first-order chi connectivity index (χ1) is 8.79. The normalized spacial score (nSPS) is 16.6. The van der Waals surface area contributed by atoms with Gasteiger partial charge in [-0.05, 0) is 31.2 Å². The fourth-order valence-corrected chi connectivity index (χ4v) is 2.46. The number of H-pyrrole nitrogens is 1. The summed E-state index contributed by atoms with van der Waals surface area (Å²) in [6.45, 7) is 1.97. The van der Waals surface area contributed by atoms with E-state index in [2.05, 4.69) is 34.3 Å². The summed E-state index contributed by atoms with van der Waals surface area (Å²) in [6, 6.07) is 7.92. The summed E-state index contributed by atoms with van der Waals surface area (Å²) in [5.41, 5.74) is 3.75. The standard InChI is InChI=1S/C14H14N4/c1-18-7-3-5-11(9-18)14-13-10(8-15)4-2-6-12(13)16-17-14/h2,4-6H,3,7,9H2,1H3,(H,16,17). The van der Waals surface area contributed by atoms with Crippen LogP contribution >= 0.6 is 0 Å². The quantitative estimate of drug-likeness (QED) is 0.828. The van der Waals surface area contributed by atoms with Gasteiger partial charge in [-0.15, -0.1) is 0 Å². The number of hydrogen-bond acceptors (Lipinski definition) is 3. The van der Waals surface area contributed by atoms with Crippen LogP contribution in [0.3, 0.4) is 0 Å². The van der Waals surface area contributed by atoms with Gasteiger partial charge in [-0.3, -0.25) is 5.10 Å². The Hall–Kier alpha value is -2.12. The van der Waals surface area contributed by atoms with E-state index in [1.54, 1.807) is 0 Å². The summed E-state index contributed by atoms with van der Waals surface area (Å²) in [5, 5.41) is 17.6. The Balaban J connectivity index is 2.19. The van der Waals surface area contributed by atoms with Crippen LogP contribution in [-0.4, -0.2) is 35.2 Å². The molecule has 1 aliphatic rings. The van der Waals surface area contributed by atoms with Crippen molar-refractivity contribution >= 4 is 16.5 Å². The van der Waals surface area contributed by atoms with E-state index >= 15 is 0 Å². The maximum absolute atomic E-state index is 9.21. The van der Waals surface area contributed by atoms with Gasteiger partial charge in [0.25, 0.3) is 0 Å². The van der Waals surface area contributed by atoms with Crippen molar-refractivity contribution < 1.29 is 0 Å². The Bertz CT molecular complexity index is 660. The number of likely N-dealkylation sites (N-methyl/N-ethyl adjacent to an activating group) is 1. The fourth-order valence-electron chi connectivity index (χ4n) is 2.46. The van der Waals surface area contributed by atoms with Crippen molar-refractivity contribution in [2.45, 2.75) is 6.42 Å². The third-order valence-electron chi connectivity index (χ3n) is 3.36. The van der Waals surface area contributed by atoms with Crippen LogP contribution in [-0.2, 0) is 0 Å². The summed E-state index contributed by atoms with van der Waals surface area (Å²) >= 11 is 0. The molecule has 0 bridgehead atoms. The molecule has 2 aromatic rings. The molecule has 1 aliphatic heterocycles. The van der Waals surface area contributed by atoms with Crippen LogP contribution in [0.15, 0.2) is 24.3 Å². The molecule has 0 amide bonds. The zero-order valence-electron chi connectivity index (χ0n) is 10.3. The van der Waals surface area contributed by atoms with E-state index in [0.717, 1.165) is 36.1 Å². The Morgan fingerprint density at radius 2 is 2.33 bits per heavy atom. The Morgan fingerprint density at radius 3 is 3.11 bits per heavy atom. The highest BCUT2D eigenvalue weighted by Crippen LogP contribution is 2.27. The SMILES string of the molecule is CN1CCC=C(c2n[nH]c3cccc(C#N)c23)C1. The molecule has 1 aromatic heterocycles. The number of nitrogens with one attached hydrogen (secondary N) is 1. The topological polar surface area (TPSA) is 55.7 Å². The molecule has 0 radical (unpaired) electrons. The Labute approximate surface area is 106 Å². The van der Waals surface area contributed by atoms with Crippen LogP contribution in [0.25, 0.3) is 16.5 Å². The molecule has 18 heavy (non-hydrogen) atoms. The van der Waals surface area contributed by atoms with E-state index in [1.165, 1.54) is 5.57 Å². The van der Waals surface area contributed by atoms with E-state index in [0.29, 0.717) is 5.56 Å². The van der Waals surface area contributed by atoms with Crippen LogP contribution in [0.4, 0.5) is 0 Å². The third kappa shape index (κ3) is 1.69. The molecule has 0 spiro atoms. The Morgan fingerprint density at radius 1 is 1.44 bits per heavy atom. The molecule has 0 saturated carbocycles. The first-order valence-electron chi connectivity index (χ1n) is 6.04. The van der Waals surface area contributed by atoms with Gasteiger partial charge in [-0.25, -0.2) is 0 Å². The molecule has 0 aliphatic carbocycles. The molecule has 0 saturated heterocycles. The monoisotopic (exact) mass is 238 g/mol. The van der Waals surface area contributed by atoms with Gasteiger partial charge >= 0.3 is 0 Å². The number of nitriles is 1. The first kappa shape index (κ1) is 11.0. The van der Waals surface area contributed by atoms with Crippen LogP contribution < -0.4 is 0 Å². The number of nitrogens with zero attached hydrogens (tertiary/aromatic N) is 3. The summed E-state index contributed by atoms with van der Waals surface area (Å²) in [4.78, 5) is 2.27. The molecule has 0 fully saturated rings. The number of benzene rings is 1. The summed E-state index contributed by atoms with van der Waals surface area (Å²) < 4.78 is 0. The predicted molar refractivity (Wildman–Crippen MR) is 70.9 cm³/mol. The largest absolute Gasteiger partial charge is 0.302 e. The van der Waals surface area contributed by atoms with Gasteiger partial charge in [0.05, 0.1) is 22.8 Å². The summed E-state index contributed by atoms with van der Waals surface area (Å²) in [5.74, 6) is 0. The zero-order chi connectivity index (χ0) is 12.5. The van der Waals surface area contributed by atoms with Gasteiger partial charge in [0.1, 0.15) is 0 Å². The smallest absolute Gasteiger partial charge is 0.0999 e. The van der Waals surface area contributed by atoms with Crippen molar-refractivity contribution in [2.24, 2.45) is 0 Å². The van der Waals surface area contributed by atoms with E-state index < -0.39 is 0 Å². The second-order valence-corrected chi connectivity index (χ2v) is 4.67. The third-order valence-corrected chi connectivity index (χ3v) is 3.36. The van der Waals surface area contributed by atoms with E-state index in [1.807, 2.05) is 18.2 Å². The van der Waals surface area contributed by atoms with Crippen molar-refractivity contribution in [2.75, 3.05) is 20.1 Å². The fraction of sp³-hybridized carbons (Fsp3) is 0.286. The molecule has 90 valence electrons. The van der Waals surface area contributed by atoms with E-state index in [9.17, 15) is 5.26 Å². The number of aromatic amines is 1. The van der Waals surface area contributed by atoms with E-state index in [4.69, 9.17) is 0 Å². The average Bonchev–Trinajstić information content (AvgIpc) is 2.82. The molecule has 4 heteroatoms. The molecule has 2 heterocycles. The van der Waals surface area contributed by atoms with Crippen molar-refractivity contribution in [3.05, 3.63) is 35.5 Å². The highest BCUT2D eigenvalue weighted by atomic mass is 15.1. The average molecular weight is 238 g/mol. The minimum Gasteiger partial charge on any atom is -0.302 e. The second-order valence-electron chi connectivity index (χ2n) is 4.67. The number of rotatable bonds is 1. The Kier molecular flexibility index (Phi) is 2.62. The maximum Gasteiger partial charge on any atom is 0.0999 e. The number of fused-ring (bicyclic) bond motifs is 1. The molecular weight excluding hydrogens is 224 g/mol. The lowest BCUT2D eigenvalue weighted by Crippen LogP contribution is -2.25. The molecule has 0 unspecified atom stereocenters. The molecule has 1 N–H and O–H groups in total. The van der Waals surface area contributed by atoms with Gasteiger partial charge in [-0.1, -0.05) is 12.1 Å². The lowest BCUT2D eigenvalue weighted by Gasteiger charge is -2.22. The maximum atomic E-state index is 9.21. The molecule has 3 rings (SSSR count). The highest BCUT2D eigenvalue weighted by molar-refractivity contribution is 5.94. The van der Waals surface area contributed by atoms with Gasteiger partial charge in [0, 0.05) is 18.5 Å². The lowest BCUT2D eigenvalue weighted by atomic mass is 10.0. The van der Waals surface area contributed by atoms with Crippen LogP contribution in [0.1, 0.15) is 17.7 Å². The van der Waals surface area contributed by atoms with Crippen LogP contribution in [0.2, 0.25) is 0 Å². The highest BCUT2D eigenvalue weighted by Gasteiger charge is 2.17. The van der Waals surface area contributed by atoms with Crippen molar-refractivity contribution in [3.8, 4) is 6.07 Å².